The highest BCUT2D eigenvalue weighted by Gasteiger charge is 2.35. The van der Waals surface area contributed by atoms with Gasteiger partial charge in [0, 0.05) is 19.0 Å². The van der Waals surface area contributed by atoms with Crippen LogP contribution in [-0.4, -0.2) is 41.3 Å². The molecular weight excluding hydrogens is 272 g/mol. The predicted octanol–water partition coefficient (Wildman–Crippen LogP) is 2.08. The number of amides is 2. The third-order valence-electron chi connectivity index (χ3n) is 3.44. The second kappa shape index (κ2) is 6.78. The molecule has 1 aromatic rings. The number of alkyl carbamates (subject to hydrolysis) is 1. The van der Waals surface area contributed by atoms with Crippen LogP contribution in [0.3, 0.4) is 0 Å². The predicted molar refractivity (Wildman–Crippen MR) is 76.8 cm³/mol. The molecule has 1 aliphatic rings. The summed E-state index contributed by atoms with van der Waals surface area (Å²) >= 11 is 0. The molecular formula is C15H18N2O4. The zero-order valence-corrected chi connectivity index (χ0v) is 11.6. The Morgan fingerprint density at radius 1 is 1.43 bits per heavy atom. The molecule has 6 nitrogen and oxygen atoms in total. The van der Waals surface area contributed by atoms with Crippen LogP contribution in [0.2, 0.25) is 0 Å². The van der Waals surface area contributed by atoms with Crippen molar-refractivity contribution in [2.75, 3.05) is 13.1 Å². The maximum atomic E-state index is 11.7. The van der Waals surface area contributed by atoms with E-state index in [1.807, 2.05) is 30.3 Å². The first-order chi connectivity index (χ1) is 10.1. The minimum Gasteiger partial charge on any atom is -0.465 e. The number of nitrogens with zero attached hydrogens (tertiary/aromatic N) is 1. The summed E-state index contributed by atoms with van der Waals surface area (Å²) in [6.07, 6.45) is 0.131. The molecule has 1 atom stereocenters. The van der Waals surface area contributed by atoms with E-state index in [2.05, 4.69) is 11.9 Å². The van der Waals surface area contributed by atoms with Crippen LogP contribution in [0.1, 0.15) is 5.56 Å². The van der Waals surface area contributed by atoms with E-state index in [0.717, 1.165) is 5.56 Å². The van der Waals surface area contributed by atoms with Crippen LogP contribution in [0, 0.1) is 5.92 Å². The topological polar surface area (TPSA) is 78.9 Å². The Morgan fingerprint density at radius 2 is 2.10 bits per heavy atom. The fourth-order valence-electron chi connectivity index (χ4n) is 2.17. The van der Waals surface area contributed by atoms with Gasteiger partial charge in [0.15, 0.2) is 0 Å². The Labute approximate surface area is 123 Å². The Balaban J connectivity index is 1.76. The lowest BCUT2D eigenvalue weighted by atomic mass is 9.92. The number of carbonyl (C=O) groups is 2. The van der Waals surface area contributed by atoms with E-state index in [1.165, 1.54) is 4.90 Å². The minimum absolute atomic E-state index is 0.0443. The van der Waals surface area contributed by atoms with E-state index in [4.69, 9.17) is 9.84 Å². The second-order valence-electron chi connectivity index (χ2n) is 4.92. The number of likely N-dealkylation sites (tertiary alicyclic amines) is 1. The Morgan fingerprint density at radius 3 is 2.67 bits per heavy atom. The number of rotatable bonds is 5. The molecule has 0 saturated carbocycles. The summed E-state index contributed by atoms with van der Waals surface area (Å²) in [7, 11) is 0. The highest BCUT2D eigenvalue weighted by atomic mass is 16.5. The third-order valence-corrected chi connectivity index (χ3v) is 3.44. The van der Waals surface area contributed by atoms with Gasteiger partial charge in [0.2, 0.25) is 0 Å². The normalized spacial score (nSPS) is 15.7. The number of benzene rings is 1. The molecule has 0 aliphatic carbocycles. The molecule has 0 radical (unpaired) electrons. The quantitative estimate of drug-likeness (QED) is 0.814. The van der Waals surface area contributed by atoms with E-state index in [0.29, 0.717) is 13.1 Å². The molecule has 1 saturated heterocycles. The number of ether oxygens (including phenoxy) is 1. The number of hydrogen-bond donors (Lipinski definition) is 2. The van der Waals surface area contributed by atoms with Gasteiger partial charge in [-0.05, 0) is 5.56 Å². The standard InChI is InChI=1S/C15H18N2O4/c1-2-13(12-8-17(9-12)15(19)20)16-14(18)21-10-11-6-4-3-5-7-11/h2-7,12-13H,1,8-10H2,(H,16,18)(H,19,20)/t13-/m0/s1. The highest BCUT2D eigenvalue weighted by molar-refractivity contribution is 5.68. The zero-order valence-electron chi connectivity index (χ0n) is 11.6. The van der Waals surface area contributed by atoms with Gasteiger partial charge in [-0.25, -0.2) is 9.59 Å². The molecule has 1 heterocycles. The van der Waals surface area contributed by atoms with Crippen molar-refractivity contribution in [1.29, 1.82) is 0 Å². The summed E-state index contributed by atoms with van der Waals surface area (Å²) in [4.78, 5) is 23.7. The molecule has 1 aliphatic heterocycles. The van der Waals surface area contributed by atoms with Gasteiger partial charge < -0.3 is 20.1 Å². The number of nitrogens with one attached hydrogen (secondary N) is 1. The van der Waals surface area contributed by atoms with Crippen LogP contribution in [0.25, 0.3) is 0 Å². The Bertz CT molecular complexity index is 512. The molecule has 1 fully saturated rings. The van der Waals surface area contributed by atoms with Gasteiger partial charge >= 0.3 is 12.2 Å². The molecule has 0 aromatic heterocycles. The monoisotopic (exact) mass is 290 g/mol. The van der Waals surface area contributed by atoms with Crippen LogP contribution in [0.15, 0.2) is 43.0 Å². The van der Waals surface area contributed by atoms with Crippen molar-refractivity contribution < 1.29 is 19.4 Å². The fraction of sp³-hybridized carbons (Fsp3) is 0.333. The lowest BCUT2D eigenvalue weighted by Gasteiger charge is -2.40. The van der Waals surface area contributed by atoms with Gasteiger partial charge in [-0.15, -0.1) is 6.58 Å². The highest BCUT2D eigenvalue weighted by Crippen LogP contribution is 2.20. The van der Waals surface area contributed by atoms with Crippen LogP contribution in [0.4, 0.5) is 9.59 Å². The lowest BCUT2D eigenvalue weighted by Crippen LogP contribution is -2.57. The van der Waals surface area contributed by atoms with Crippen LogP contribution >= 0.6 is 0 Å². The van der Waals surface area contributed by atoms with Gasteiger partial charge in [0.05, 0.1) is 6.04 Å². The first kappa shape index (κ1) is 14.9. The van der Waals surface area contributed by atoms with E-state index in [-0.39, 0.29) is 18.6 Å². The van der Waals surface area contributed by atoms with Gasteiger partial charge in [-0.2, -0.15) is 0 Å². The van der Waals surface area contributed by atoms with Crippen molar-refractivity contribution in [3.05, 3.63) is 48.6 Å². The smallest absolute Gasteiger partial charge is 0.407 e. The Hall–Kier alpha value is -2.50. The van der Waals surface area contributed by atoms with Crippen LogP contribution < -0.4 is 5.32 Å². The van der Waals surface area contributed by atoms with Crippen molar-refractivity contribution in [1.82, 2.24) is 10.2 Å². The van der Waals surface area contributed by atoms with Gasteiger partial charge in [-0.1, -0.05) is 36.4 Å². The van der Waals surface area contributed by atoms with Crippen molar-refractivity contribution in [3.8, 4) is 0 Å². The molecule has 2 amide bonds. The number of hydrogen-bond acceptors (Lipinski definition) is 3. The average Bonchev–Trinajstić information content (AvgIpc) is 2.43. The average molecular weight is 290 g/mol. The zero-order chi connectivity index (χ0) is 15.2. The molecule has 0 unspecified atom stereocenters. The fourth-order valence-corrected chi connectivity index (χ4v) is 2.17. The summed E-state index contributed by atoms with van der Waals surface area (Å²) in [5, 5.41) is 11.5. The molecule has 1 aromatic carbocycles. The number of carboxylic acid groups (broad SMARTS) is 1. The molecule has 6 heteroatoms. The first-order valence-electron chi connectivity index (χ1n) is 6.68. The first-order valence-corrected chi connectivity index (χ1v) is 6.68. The molecule has 21 heavy (non-hydrogen) atoms. The molecule has 0 spiro atoms. The van der Waals surface area contributed by atoms with E-state index in [9.17, 15) is 9.59 Å². The Kier molecular flexibility index (Phi) is 4.81. The maximum Gasteiger partial charge on any atom is 0.407 e. The van der Waals surface area contributed by atoms with Crippen molar-refractivity contribution in [2.24, 2.45) is 5.92 Å². The molecule has 0 bridgehead atoms. The van der Waals surface area contributed by atoms with Crippen LogP contribution in [0.5, 0.6) is 0 Å². The summed E-state index contributed by atoms with van der Waals surface area (Å²) in [5.74, 6) is 0.0443. The molecule has 2 rings (SSSR count). The minimum atomic E-state index is -0.944. The summed E-state index contributed by atoms with van der Waals surface area (Å²) < 4.78 is 5.13. The van der Waals surface area contributed by atoms with Gasteiger partial charge in [0.1, 0.15) is 6.61 Å². The second-order valence-corrected chi connectivity index (χ2v) is 4.92. The van der Waals surface area contributed by atoms with E-state index in [1.54, 1.807) is 6.08 Å². The third kappa shape index (κ3) is 3.98. The molecule has 2 N–H and O–H groups in total. The lowest BCUT2D eigenvalue weighted by molar-refractivity contribution is 0.0691. The van der Waals surface area contributed by atoms with Gasteiger partial charge in [-0.3, -0.25) is 0 Å². The summed E-state index contributed by atoms with van der Waals surface area (Å²) in [5.41, 5.74) is 0.906. The largest absolute Gasteiger partial charge is 0.465 e. The van der Waals surface area contributed by atoms with Crippen molar-refractivity contribution >= 4 is 12.2 Å². The SMILES string of the molecule is C=C[C@H](NC(=O)OCc1ccccc1)C1CN(C(=O)O)C1. The summed E-state index contributed by atoms with van der Waals surface area (Å²) in [6, 6.07) is 9.09. The van der Waals surface area contributed by atoms with Gasteiger partial charge in [0.25, 0.3) is 0 Å². The summed E-state index contributed by atoms with van der Waals surface area (Å²) in [6.45, 7) is 4.65. The van der Waals surface area contributed by atoms with Crippen molar-refractivity contribution in [2.45, 2.75) is 12.6 Å². The number of carbonyl (C=O) groups excluding carboxylic acids is 1. The van der Waals surface area contributed by atoms with Crippen LogP contribution in [-0.2, 0) is 11.3 Å². The van der Waals surface area contributed by atoms with E-state index < -0.39 is 12.2 Å². The molecule has 112 valence electrons. The van der Waals surface area contributed by atoms with E-state index >= 15 is 0 Å². The van der Waals surface area contributed by atoms with Crippen molar-refractivity contribution in [3.63, 3.8) is 0 Å². The maximum absolute atomic E-state index is 11.7.